The number of para-hydroxylation sites is 2. The minimum Gasteiger partial charge on any atom is -0.352 e. The molecule has 7 nitrogen and oxygen atoms in total. The van der Waals surface area contributed by atoms with Gasteiger partial charge in [0, 0.05) is 50.4 Å². The van der Waals surface area contributed by atoms with Crippen LogP contribution in [0.5, 0.6) is 0 Å². The normalized spacial score (nSPS) is 15.2. The lowest BCUT2D eigenvalue weighted by molar-refractivity contribution is 0.0949. The highest BCUT2D eigenvalue weighted by molar-refractivity contribution is 5.94. The molecular weight excluding hydrogens is 426 g/mol. The summed E-state index contributed by atoms with van der Waals surface area (Å²) in [5.74, 6) is 0.243. The van der Waals surface area contributed by atoms with Crippen LogP contribution in [0.3, 0.4) is 0 Å². The number of likely N-dealkylation sites (N-methyl/N-ethyl adjacent to an activating group) is 1. The van der Waals surface area contributed by atoms with Gasteiger partial charge in [0.05, 0.1) is 11.0 Å². The predicted octanol–water partition coefficient (Wildman–Crippen LogP) is 3.09. The molecule has 0 radical (unpaired) electrons. The SMILES string of the molecule is CC(C)Cn1c(=O)c(-c2ccc(C(=O)NCCCN3CCN(C)CC3)cc2)nc2ccccc21. The van der Waals surface area contributed by atoms with Gasteiger partial charge in [-0.1, -0.05) is 38.1 Å². The van der Waals surface area contributed by atoms with Crippen LogP contribution in [0.4, 0.5) is 0 Å². The quantitative estimate of drug-likeness (QED) is 0.522. The number of amides is 1. The number of nitrogens with one attached hydrogen (secondary N) is 1. The second-order valence-corrected chi connectivity index (χ2v) is 9.59. The molecule has 1 saturated heterocycles. The molecule has 34 heavy (non-hydrogen) atoms. The van der Waals surface area contributed by atoms with Gasteiger partial charge < -0.3 is 19.7 Å². The van der Waals surface area contributed by atoms with Crippen LogP contribution in [-0.4, -0.2) is 71.6 Å². The first-order valence-electron chi connectivity index (χ1n) is 12.2. The monoisotopic (exact) mass is 461 g/mol. The number of fused-ring (bicyclic) bond motifs is 1. The van der Waals surface area contributed by atoms with Gasteiger partial charge in [-0.05, 0) is 50.2 Å². The first-order chi connectivity index (χ1) is 16.4. The van der Waals surface area contributed by atoms with Crippen LogP contribution in [-0.2, 0) is 6.54 Å². The number of aromatic nitrogens is 2. The highest BCUT2D eigenvalue weighted by Crippen LogP contribution is 2.19. The van der Waals surface area contributed by atoms with Crippen LogP contribution in [0.2, 0.25) is 0 Å². The Labute approximate surface area is 201 Å². The van der Waals surface area contributed by atoms with E-state index in [9.17, 15) is 9.59 Å². The Morgan fingerprint density at radius 2 is 1.74 bits per heavy atom. The number of hydrogen-bond donors (Lipinski definition) is 1. The summed E-state index contributed by atoms with van der Waals surface area (Å²) < 4.78 is 1.81. The lowest BCUT2D eigenvalue weighted by Crippen LogP contribution is -2.45. The molecule has 0 aliphatic carbocycles. The van der Waals surface area contributed by atoms with Gasteiger partial charge in [-0.15, -0.1) is 0 Å². The molecule has 1 aliphatic heterocycles. The number of carbonyl (C=O) groups excluding carboxylic acids is 1. The molecule has 180 valence electrons. The van der Waals surface area contributed by atoms with E-state index >= 15 is 0 Å². The van der Waals surface area contributed by atoms with Gasteiger partial charge in [0.1, 0.15) is 5.69 Å². The number of piperazine rings is 1. The van der Waals surface area contributed by atoms with Gasteiger partial charge in [-0.3, -0.25) is 9.59 Å². The molecule has 1 amide bonds. The molecule has 0 unspecified atom stereocenters. The lowest BCUT2D eigenvalue weighted by Gasteiger charge is -2.32. The average Bonchev–Trinajstić information content (AvgIpc) is 2.84. The van der Waals surface area contributed by atoms with Gasteiger partial charge in [0.25, 0.3) is 11.5 Å². The highest BCUT2D eigenvalue weighted by atomic mass is 16.1. The van der Waals surface area contributed by atoms with E-state index in [1.807, 2.05) is 41.0 Å². The third-order valence-electron chi connectivity index (χ3n) is 6.35. The number of hydrogen-bond acceptors (Lipinski definition) is 5. The van der Waals surface area contributed by atoms with E-state index in [0.29, 0.717) is 30.3 Å². The number of nitrogens with zero attached hydrogens (tertiary/aromatic N) is 4. The molecule has 1 aromatic heterocycles. The van der Waals surface area contributed by atoms with Crippen molar-refractivity contribution in [1.29, 1.82) is 0 Å². The zero-order chi connectivity index (χ0) is 24.1. The van der Waals surface area contributed by atoms with Crippen molar-refractivity contribution in [3.05, 3.63) is 64.4 Å². The van der Waals surface area contributed by atoms with Crippen LogP contribution < -0.4 is 10.9 Å². The number of carbonyl (C=O) groups is 1. The Bertz CT molecular complexity index is 1180. The molecule has 7 heteroatoms. The molecule has 1 N–H and O–H groups in total. The van der Waals surface area contributed by atoms with E-state index in [1.165, 1.54) is 0 Å². The average molecular weight is 462 g/mol. The van der Waals surface area contributed by atoms with Crippen molar-refractivity contribution in [1.82, 2.24) is 24.7 Å². The van der Waals surface area contributed by atoms with E-state index in [4.69, 9.17) is 0 Å². The molecule has 0 atom stereocenters. The Hall–Kier alpha value is -3.03. The molecule has 0 bridgehead atoms. The third-order valence-corrected chi connectivity index (χ3v) is 6.35. The smallest absolute Gasteiger partial charge is 0.277 e. The van der Waals surface area contributed by atoms with Gasteiger partial charge in [0.15, 0.2) is 0 Å². The van der Waals surface area contributed by atoms with Gasteiger partial charge in [-0.25, -0.2) is 4.98 Å². The summed E-state index contributed by atoms with van der Waals surface area (Å²) in [5, 5.41) is 3.02. The fourth-order valence-electron chi connectivity index (χ4n) is 4.38. The van der Waals surface area contributed by atoms with E-state index in [-0.39, 0.29) is 11.5 Å². The standard InChI is InChI=1S/C27H35N5O2/c1-20(2)19-32-24-8-5-4-7-23(24)29-25(27(32)34)21-9-11-22(12-10-21)26(33)28-13-6-14-31-17-15-30(3)16-18-31/h4-5,7-12,20H,6,13-19H2,1-3H3,(H,28,33). The number of benzene rings is 2. The van der Waals surface area contributed by atoms with Crippen LogP contribution in [0.25, 0.3) is 22.3 Å². The van der Waals surface area contributed by atoms with E-state index in [0.717, 1.165) is 55.7 Å². The molecule has 2 heterocycles. The van der Waals surface area contributed by atoms with Crippen molar-refractivity contribution < 1.29 is 4.79 Å². The summed E-state index contributed by atoms with van der Waals surface area (Å²) in [6, 6.07) is 14.9. The molecule has 1 fully saturated rings. The molecule has 0 saturated carbocycles. The maximum Gasteiger partial charge on any atom is 0.277 e. The minimum atomic E-state index is -0.103. The first kappa shape index (κ1) is 24.1. The zero-order valence-corrected chi connectivity index (χ0v) is 20.5. The fraction of sp³-hybridized carbons (Fsp3) is 0.444. The molecular formula is C27H35N5O2. The Kier molecular flexibility index (Phi) is 7.75. The van der Waals surface area contributed by atoms with Gasteiger partial charge in [0.2, 0.25) is 0 Å². The molecule has 3 aromatic rings. The summed E-state index contributed by atoms with van der Waals surface area (Å²) >= 11 is 0. The first-order valence-corrected chi connectivity index (χ1v) is 12.2. The van der Waals surface area contributed by atoms with Crippen molar-refractivity contribution in [3.8, 4) is 11.3 Å². The summed E-state index contributed by atoms with van der Waals surface area (Å²) in [7, 11) is 2.15. The van der Waals surface area contributed by atoms with E-state index < -0.39 is 0 Å². The summed E-state index contributed by atoms with van der Waals surface area (Å²) in [6.07, 6.45) is 0.934. The Morgan fingerprint density at radius 1 is 1.03 bits per heavy atom. The third kappa shape index (κ3) is 5.72. The summed E-state index contributed by atoms with van der Waals surface area (Å²) in [4.78, 5) is 35.3. The van der Waals surface area contributed by atoms with Crippen molar-refractivity contribution in [3.63, 3.8) is 0 Å². The summed E-state index contributed by atoms with van der Waals surface area (Å²) in [5.41, 5.74) is 3.26. The van der Waals surface area contributed by atoms with Crippen molar-refractivity contribution in [2.45, 2.75) is 26.8 Å². The maximum atomic E-state index is 13.3. The largest absolute Gasteiger partial charge is 0.352 e. The lowest BCUT2D eigenvalue weighted by atomic mass is 10.1. The summed E-state index contributed by atoms with van der Waals surface area (Å²) in [6.45, 7) is 10.9. The van der Waals surface area contributed by atoms with Crippen LogP contribution >= 0.6 is 0 Å². The molecule has 1 aliphatic rings. The second kappa shape index (κ2) is 10.9. The van der Waals surface area contributed by atoms with E-state index in [2.05, 4.69) is 41.0 Å². The van der Waals surface area contributed by atoms with Crippen molar-refractivity contribution >= 4 is 16.9 Å². The molecule has 4 rings (SSSR count). The Balaban J connectivity index is 1.42. The number of rotatable bonds is 8. The van der Waals surface area contributed by atoms with Gasteiger partial charge in [-0.2, -0.15) is 0 Å². The van der Waals surface area contributed by atoms with Crippen LogP contribution in [0.1, 0.15) is 30.6 Å². The zero-order valence-electron chi connectivity index (χ0n) is 20.5. The minimum absolute atomic E-state index is 0.0892. The second-order valence-electron chi connectivity index (χ2n) is 9.59. The predicted molar refractivity (Wildman–Crippen MR) is 137 cm³/mol. The van der Waals surface area contributed by atoms with Gasteiger partial charge >= 0.3 is 0 Å². The highest BCUT2D eigenvalue weighted by Gasteiger charge is 2.15. The van der Waals surface area contributed by atoms with Crippen LogP contribution in [0, 0.1) is 5.92 Å². The molecule has 0 spiro atoms. The fourth-order valence-corrected chi connectivity index (χ4v) is 4.38. The molecule has 2 aromatic carbocycles. The van der Waals surface area contributed by atoms with E-state index in [1.54, 1.807) is 12.1 Å². The van der Waals surface area contributed by atoms with Crippen LogP contribution in [0.15, 0.2) is 53.3 Å². The Morgan fingerprint density at radius 3 is 2.44 bits per heavy atom. The topological polar surface area (TPSA) is 70.5 Å². The maximum absolute atomic E-state index is 13.3. The van der Waals surface area contributed by atoms with Crippen molar-refractivity contribution in [2.24, 2.45) is 5.92 Å². The van der Waals surface area contributed by atoms with Crippen molar-refractivity contribution in [2.75, 3.05) is 46.3 Å².